The topological polar surface area (TPSA) is 103 Å². The van der Waals surface area contributed by atoms with Crippen molar-refractivity contribution in [2.75, 3.05) is 0 Å². The molecule has 0 atom stereocenters. The van der Waals surface area contributed by atoms with E-state index >= 15 is 4.39 Å². The average molecular weight is 534 g/mol. The predicted octanol–water partition coefficient (Wildman–Crippen LogP) is 4.58. The van der Waals surface area contributed by atoms with Gasteiger partial charge in [-0.15, -0.1) is 0 Å². The van der Waals surface area contributed by atoms with Crippen LogP contribution in [0.4, 0.5) is 13.2 Å². The summed E-state index contributed by atoms with van der Waals surface area (Å²) in [5.74, 6) is -3.68. The highest BCUT2D eigenvalue weighted by Gasteiger charge is 2.24. The van der Waals surface area contributed by atoms with Gasteiger partial charge in [0.1, 0.15) is 40.1 Å². The van der Waals surface area contributed by atoms with Crippen LogP contribution < -0.4 is 10.3 Å². The van der Waals surface area contributed by atoms with Gasteiger partial charge < -0.3 is 9.84 Å². The zero-order valence-electron chi connectivity index (χ0n) is 22.0. The van der Waals surface area contributed by atoms with Crippen molar-refractivity contribution in [3.63, 3.8) is 0 Å². The van der Waals surface area contributed by atoms with Crippen molar-refractivity contribution >= 4 is 11.6 Å². The summed E-state index contributed by atoms with van der Waals surface area (Å²) in [7, 11) is 0. The van der Waals surface area contributed by atoms with Gasteiger partial charge in [0.15, 0.2) is 17.5 Å². The van der Waals surface area contributed by atoms with Gasteiger partial charge in [0.25, 0.3) is 5.56 Å². The molecule has 0 unspecified atom stereocenters. The molecule has 0 aromatic carbocycles. The Morgan fingerprint density at radius 2 is 1.89 bits per heavy atom. The number of rotatable bonds is 6. The molecule has 1 N–H and O–H groups in total. The fourth-order valence-electron chi connectivity index (χ4n) is 3.43. The molecule has 0 saturated carbocycles. The predicted molar refractivity (Wildman–Crippen MR) is 129 cm³/mol. The van der Waals surface area contributed by atoms with E-state index in [9.17, 15) is 18.7 Å². The molecule has 0 spiro atoms. The Morgan fingerprint density at radius 3 is 2.57 bits per heavy atom. The lowest BCUT2D eigenvalue weighted by Gasteiger charge is -2.18. The summed E-state index contributed by atoms with van der Waals surface area (Å²) in [6.07, 6.45) is 3.27. The second-order valence-corrected chi connectivity index (χ2v) is 8.95. The van der Waals surface area contributed by atoms with E-state index in [4.69, 9.17) is 19.1 Å². The number of aliphatic hydroxyl groups is 1. The van der Waals surface area contributed by atoms with E-state index in [0.717, 1.165) is 4.57 Å². The molecular weight excluding hydrogens is 511 g/mol. The van der Waals surface area contributed by atoms with Crippen LogP contribution in [0, 0.1) is 31.3 Å². The summed E-state index contributed by atoms with van der Waals surface area (Å²) < 4.78 is 65.6. The van der Waals surface area contributed by atoms with Gasteiger partial charge in [-0.2, -0.15) is 0 Å². The summed E-state index contributed by atoms with van der Waals surface area (Å²) in [5.41, 5.74) is -3.26. The molecule has 0 bridgehead atoms. The lowest BCUT2D eigenvalue weighted by molar-refractivity contribution is 0.0688. The molecule has 0 aliphatic heterocycles. The minimum Gasteiger partial charge on any atom is -0.485 e. The van der Waals surface area contributed by atoms with Crippen LogP contribution in [0.15, 0.2) is 41.6 Å². The van der Waals surface area contributed by atoms with E-state index < -0.39 is 51.6 Å². The molecular formula is C25H21ClF3N5O3. The van der Waals surface area contributed by atoms with Crippen LogP contribution in [0.5, 0.6) is 5.75 Å². The van der Waals surface area contributed by atoms with Crippen LogP contribution in [0.2, 0.25) is 5.02 Å². The number of halogens is 4. The van der Waals surface area contributed by atoms with Gasteiger partial charge in [0, 0.05) is 30.2 Å². The molecule has 4 aromatic heterocycles. The molecule has 0 fully saturated rings. The van der Waals surface area contributed by atoms with Gasteiger partial charge in [0.2, 0.25) is 0 Å². The van der Waals surface area contributed by atoms with Crippen LogP contribution in [-0.2, 0) is 12.2 Å². The molecule has 4 heterocycles. The van der Waals surface area contributed by atoms with E-state index in [0.29, 0.717) is 12.3 Å². The van der Waals surface area contributed by atoms with Crippen LogP contribution in [0.25, 0.3) is 17.1 Å². The maximum Gasteiger partial charge on any atom is 0.278 e. The zero-order valence-corrected chi connectivity index (χ0v) is 20.7. The third-order valence-electron chi connectivity index (χ3n) is 5.21. The van der Waals surface area contributed by atoms with Gasteiger partial charge in [-0.05, 0) is 39.3 Å². The first kappa shape index (κ1) is 23.6. The minimum atomic E-state index is -2.94. The van der Waals surface area contributed by atoms with Crippen molar-refractivity contribution in [2.45, 2.75) is 39.9 Å². The lowest BCUT2D eigenvalue weighted by Crippen LogP contribution is -2.24. The summed E-state index contributed by atoms with van der Waals surface area (Å²) in [5, 5.41) is 9.61. The Labute approximate surface area is 217 Å². The third-order valence-corrected chi connectivity index (χ3v) is 5.56. The van der Waals surface area contributed by atoms with Gasteiger partial charge in [-0.25, -0.2) is 23.1 Å². The number of aryl methyl sites for hydroxylation is 2. The van der Waals surface area contributed by atoms with Crippen LogP contribution >= 0.6 is 11.6 Å². The Hall–Kier alpha value is -3.83. The first-order valence-electron chi connectivity index (χ1n) is 11.8. The monoisotopic (exact) mass is 533 g/mol. The standard InChI is InChI=1S/C25H21ClF3N5O3/c1-12-9-32-21(16-5-6-30-24(33-16)25(3,4)36)20(29)22(12)34-13(2)7-18(19(26)23(34)35)37-11-17-15(28)8-14(27)10-31-17/h5-10,36H,11H2,1-4H3/i11D2. The summed E-state index contributed by atoms with van der Waals surface area (Å²) >= 11 is 6.23. The van der Waals surface area contributed by atoms with E-state index in [-0.39, 0.29) is 34.2 Å². The second-order valence-electron chi connectivity index (χ2n) is 8.57. The summed E-state index contributed by atoms with van der Waals surface area (Å²) in [4.78, 5) is 29.0. The number of pyridine rings is 3. The molecule has 192 valence electrons. The van der Waals surface area contributed by atoms with Crippen LogP contribution in [0.3, 0.4) is 0 Å². The maximum atomic E-state index is 15.9. The van der Waals surface area contributed by atoms with Crippen molar-refractivity contribution < 1.29 is 25.8 Å². The Morgan fingerprint density at radius 1 is 1.16 bits per heavy atom. The number of aromatic nitrogens is 5. The van der Waals surface area contributed by atoms with Gasteiger partial charge >= 0.3 is 0 Å². The van der Waals surface area contributed by atoms with Gasteiger partial charge in [0.05, 0.1) is 20.3 Å². The molecule has 8 nitrogen and oxygen atoms in total. The molecule has 0 aliphatic carbocycles. The fourth-order valence-corrected chi connectivity index (χ4v) is 3.61. The third kappa shape index (κ3) is 5.18. The minimum absolute atomic E-state index is 0.0302. The first-order valence-corrected chi connectivity index (χ1v) is 11.1. The molecule has 37 heavy (non-hydrogen) atoms. The van der Waals surface area contributed by atoms with E-state index in [1.165, 1.54) is 52.2 Å². The van der Waals surface area contributed by atoms with E-state index in [1.807, 2.05) is 0 Å². The lowest BCUT2D eigenvalue weighted by atomic mass is 10.1. The number of hydrogen-bond acceptors (Lipinski definition) is 7. The molecule has 0 radical (unpaired) electrons. The summed E-state index contributed by atoms with van der Waals surface area (Å²) in [6.45, 7) is 2.93. The highest BCUT2D eigenvalue weighted by Crippen LogP contribution is 2.30. The normalized spacial score (nSPS) is 12.8. The van der Waals surface area contributed by atoms with Crippen molar-refractivity contribution in [3.05, 3.63) is 92.4 Å². The molecule has 4 rings (SSSR count). The first-order chi connectivity index (χ1) is 18.1. The molecule has 12 heteroatoms. The highest BCUT2D eigenvalue weighted by atomic mass is 35.5. The Bertz CT molecular complexity index is 1660. The van der Waals surface area contributed by atoms with Crippen LogP contribution in [0.1, 0.15) is 39.4 Å². The highest BCUT2D eigenvalue weighted by molar-refractivity contribution is 6.31. The Kier molecular flexibility index (Phi) is 6.31. The number of ether oxygens (including phenoxy) is 1. The Balaban J connectivity index is 1.83. The molecule has 4 aromatic rings. The zero-order chi connectivity index (χ0) is 28.9. The molecule has 0 amide bonds. The van der Waals surface area contributed by atoms with Gasteiger partial charge in [-0.3, -0.25) is 19.3 Å². The smallest absolute Gasteiger partial charge is 0.278 e. The van der Waals surface area contributed by atoms with Crippen molar-refractivity contribution in [3.8, 4) is 22.8 Å². The van der Waals surface area contributed by atoms with Crippen LogP contribution in [-0.4, -0.2) is 29.6 Å². The van der Waals surface area contributed by atoms with Gasteiger partial charge in [-0.1, -0.05) is 11.6 Å². The fraction of sp³-hybridized carbons (Fsp3) is 0.240. The second kappa shape index (κ2) is 9.91. The quantitative estimate of drug-likeness (QED) is 0.387. The maximum absolute atomic E-state index is 15.9. The largest absolute Gasteiger partial charge is 0.485 e. The van der Waals surface area contributed by atoms with Crippen molar-refractivity contribution in [1.82, 2.24) is 24.5 Å². The number of nitrogens with zero attached hydrogens (tertiary/aromatic N) is 5. The van der Waals surface area contributed by atoms with Crippen molar-refractivity contribution in [2.24, 2.45) is 0 Å². The molecule has 0 saturated heterocycles. The van der Waals surface area contributed by atoms with E-state index in [1.54, 1.807) is 0 Å². The number of hydrogen-bond donors (Lipinski definition) is 1. The average Bonchev–Trinajstić information content (AvgIpc) is 2.83. The van der Waals surface area contributed by atoms with Crippen molar-refractivity contribution in [1.29, 1.82) is 0 Å². The summed E-state index contributed by atoms with van der Waals surface area (Å²) in [6, 6.07) is 2.99. The van der Waals surface area contributed by atoms with E-state index in [2.05, 4.69) is 19.9 Å². The SMILES string of the molecule is [2H]C([2H])(Oc1cc(C)n(-c2c(C)cnc(-c3ccnc(C(C)(C)O)n3)c2F)c(=O)c1Cl)c1ncc(F)cc1F. The molecule has 0 aliphatic rings.